The number of aromatic nitrogens is 1. The molecule has 0 aliphatic rings. The van der Waals surface area contributed by atoms with Gasteiger partial charge in [-0.1, -0.05) is 40.2 Å². The van der Waals surface area contributed by atoms with Gasteiger partial charge in [-0.3, -0.25) is 4.98 Å². The van der Waals surface area contributed by atoms with Crippen molar-refractivity contribution in [2.45, 2.75) is 13.0 Å². The highest BCUT2D eigenvalue weighted by Crippen LogP contribution is 2.29. The summed E-state index contributed by atoms with van der Waals surface area (Å²) < 4.78 is 13.9. The fourth-order valence-corrected chi connectivity index (χ4v) is 3.08. The minimum Gasteiger partial charge on any atom is -0.377 e. The van der Waals surface area contributed by atoms with E-state index in [1.807, 2.05) is 37.3 Å². The number of rotatable bonds is 3. The maximum atomic E-state index is 13.2. The third-order valence-electron chi connectivity index (χ3n) is 3.43. The van der Waals surface area contributed by atoms with Gasteiger partial charge in [-0.15, -0.1) is 0 Å². The largest absolute Gasteiger partial charge is 0.377 e. The molecule has 0 amide bonds. The molecular formula is C17H14BrFN2. The molecule has 2 nitrogen and oxygen atoms in total. The van der Waals surface area contributed by atoms with E-state index >= 15 is 0 Å². The summed E-state index contributed by atoms with van der Waals surface area (Å²) in [6.45, 7) is 2.04. The molecule has 1 aromatic heterocycles. The van der Waals surface area contributed by atoms with Gasteiger partial charge in [0.25, 0.3) is 0 Å². The van der Waals surface area contributed by atoms with Crippen molar-refractivity contribution in [1.29, 1.82) is 0 Å². The molecular weight excluding hydrogens is 331 g/mol. The molecule has 0 spiro atoms. The van der Waals surface area contributed by atoms with Crippen molar-refractivity contribution in [3.63, 3.8) is 0 Å². The SMILES string of the molecule is CC(Nc1cccc2cccnc12)c1ccc(F)cc1Br. The van der Waals surface area contributed by atoms with Gasteiger partial charge in [-0.25, -0.2) is 4.39 Å². The van der Waals surface area contributed by atoms with E-state index in [2.05, 4.69) is 26.2 Å². The van der Waals surface area contributed by atoms with Crippen molar-refractivity contribution in [3.05, 3.63) is 70.6 Å². The average Bonchev–Trinajstić information content (AvgIpc) is 2.47. The highest BCUT2D eigenvalue weighted by Gasteiger charge is 2.11. The van der Waals surface area contributed by atoms with E-state index in [-0.39, 0.29) is 11.9 Å². The first-order valence-electron chi connectivity index (χ1n) is 6.70. The number of nitrogens with one attached hydrogen (secondary N) is 1. The second-order valence-electron chi connectivity index (χ2n) is 4.91. The Hall–Kier alpha value is -1.94. The lowest BCUT2D eigenvalue weighted by Crippen LogP contribution is -2.08. The Morgan fingerprint density at radius 1 is 1.14 bits per heavy atom. The zero-order chi connectivity index (χ0) is 14.8. The lowest BCUT2D eigenvalue weighted by atomic mass is 10.1. The molecule has 4 heteroatoms. The van der Waals surface area contributed by atoms with Crippen LogP contribution in [0.3, 0.4) is 0 Å². The summed E-state index contributed by atoms with van der Waals surface area (Å²) in [5.41, 5.74) is 2.91. The van der Waals surface area contributed by atoms with E-state index in [0.717, 1.165) is 26.6 Å². The molecule has 106 valence electrons. The predicted molar refractivity (Wildman–Crippen MR) is 87.9 cm³/mol. The third kappa shape index (κ3) is 2.90. The second kappa shape index (κ2) is 5.82. The van der Waals surface area contributed by atoms with Crippen molar-refractivity contribution in [2.75, 3.05) is 5.32 Å². The molecule has 3 aromatic rings. The van der Waals surface area contributed by atoms with Crippen molar-refractivity contribution in [2.24, 2.45) is 0 Å². The summed E-state index contributed by atoms with van der Waals surface area (Å²) in [5, 5.41) is 4.54. The topological polar surface area (TPSA) is 24.9 Å². The van der Waals surface area contributed by atoms with Gasteiger partial charge in [0.15, 0.2) is 0 Å². The van der Waals surface area contributed by atoms with Crippen LogP contribution >= 0.6 is 15.9 Å². The van der Waals surface area contributed by atoms with Crippen molar-refractivity contribution < 1.29 is 4.39 Å². The maximum absolute atomic E-state index is 13.2. The molecule has 0 aliphatic carbocycles. The summed E-state index contributed by atoms with van der Waals surface area (Å²) in [7, 11) is 0. The van der Waals surface area contributed by atoms with Crippen LogP contribution in [-0.4, -0.2) is 4.98 Å². The van der Waals surface area contributed by atoms with Crippen LogP contribution in [0, 0.1) is 5.82 Å². The van der Waals surface area contributed by atoms with Crippen LogP contribution in [0.25, 0.3) is 10.9 Å². The molecule has 1 atom stereocenters. The number of fused-ring (bicyclic) bond motifs is 1. The number of hydrogen-bond acceptors (Lipinski definition) is 2. The quantitative estimate of drug-likeness (QED) is 0.696. The molecule has 1 N–H and O–H groups in total. The van der Waals surface area contributed by atoms with Gasteiger partial charge in [0.1, 0.15) is 5.82 Å². The van der Waals surface area contributed by atoms with Gasteiger partial charge in [0.05, 0.1) is 11.2 Å². The zero-order valence-electron chi connectivity index (χ0n) is 11.5. The lowest BCUT2D eigenvalue weighted by molar-refractivity contribution is 0.625. The number of para-hydroxylation sites is 1. The van der Waals surface area contributed by atoms with Crippen molar-refractivity contribution in [3.8, 4) is 0 Å². The molecule has 2 aromatic carbocycles. The van der Waals surface area contributed by atoms with Crippen LogP contribution in [0.5, 0.6) is 0 Å². The molecule has 0 aliphatic heterocycles. The molecule has 1 unspecified atom stereocenters. The van der Waals surface area contributed by atoms with Crippen LogP contribution in [-0.2, 0) is 0 Å². The number of pyridine rings is 1. The Labute approximate surface area is 131 Å². The van der Waals surface area contributed by atoms with Crippen molar-refractivity contribution >= 4 is 32.5 Å². The Morgan fingerprint density at radius 3 is 2.76 bits per heavy atom. The van der Waals surface area contributed by atoms with E-state index in [1.165, 1.54) is 12.1 Å². The van der Waals surface area contributed by atoms with Gasteiger partial charge >= 0.3 is 0 Å². The van der Waals surface area contributed by atoms with Crippen LogP contribution < -0.4 is 5.32 Å². The number of nitrogens with zero attached hydrogens (tertiary/aromatic N) is 1. The highest BCUT2D eigenvalue weighted by atomic mass is 79.9. The smallest absolute Gasteiger partial charge is 0.124 e. The second-order valence-corrected chi connectivity index (χ2v) is 5.77. The average molecular weight is 345 g/mol. The first-order chi connectivity index (χ1) is 10.1. The Kier molecular flexibility index (Phi) is 3.88. The van der Waals surface area contributed by atoms with Gasteiger partial charge in [0.2, 0.25) is 0 Å². The van der Waals surface area contributed by atoms with E-state index in [4.69, 9.17) is 0 Å². The minimum absolute atomic E-state index is 0.0348. The van der Waals surface area contributed by atoms with Gasteiger partial charge in [-0.2, -0.15) is 0 Å². The maximum Gasteiger partial charge on any atom is 0.124 e. The molecule has 0 bridgehead atoms. The third-order valence-corrected chi connectivity index (χ3v) is 4.12. The van der Waals surface area contributed by atoms with Crippen LogP contribution in [0.1, 0.15) is 18.5 Å². The molecule has 21 heavy (non-hydrogen) atoms. The molecule has 0 radical (unpaired) electrons. The molecule has 3 rings (SSSR count). The number of benzene rings is 2. The Balaban J connectivity index is 1.94. The minimum atomic E-state index is -0.246. The molecule has 1 heterocycles. The highest BCUT2D eigenvalue weighted by molar-refractivity contribution is 9.10. The predicted octanol–water partition coefficient (Wildman–Crippen LogP) is 5.31. The summed E-state index contributed by atoms with van der Waals surface area (Å²) >= 11 is 3.42. The first-order valence-corrected chi connectivity index (χ1v) is 7.49. The van der Waals surface area contributed by atoms with Crippen LogP contribution in [0.4, 0.5) is 10.1 Å². The fraction of sp³-hybridized carbons (Fsp3) is 0.118. The van der Waals surface area contributed by atoms with Gasteiger partial charge in [0, 0.05) is 22.1 Å². The normalized spacial score (nSPS) is 12.3. The fourth-order valence-electron chi connectivity index (χ4n) is 2.38. The van der Waals surface area contributed by atoms with Crippen LogP contribution in [0.15, 0.2) is 59.2 Å². The Morgan fingerprint density at radius 2 is 1.95 bits per heavy atom. The van der Waals surface area contributed by atoms with Gasteiger partial charge < -0.3 is 5.32 Å². The summed E-state index contributed by atoms with van der Waals surface area (Å²) in [4.78, 5) is 4.43. The number of hydrogen-bond donors (Lipinski definition) is 1. The summed E-state index contributed by atoms with van der Waals surface area (Å²) in [5.74, 6) is -0.246. The number of halogens is 2. The first kappa shape index (κ1) is 14.0. The van der Waals surface area contributed by atoms with Gasteiger partial charge in [-0.05, 0) is 36.8 Å². The van der Waals surface area contributed by atoms with E-state index in [9.17, 15) is 4.39 Å². The summed E-state index contributed by atoms with van der Waals surface area (Å²) in [6.07, 6.45) is 1.78. The molecule has 0 saturated heterocycles. The Bertz CT molecular complexity index is 783. The van der Waals surface area contributed by atoms with E-state index < -0.39 is 0 Å². The standard InChI is InChI=1S/C17H14BrFN2/c1-11(14-8-7-13(19)10-15(14)18)21-16-6-2-4-12-5-3-9-20-17(12)16/h2-11,21H,1H3. The lowest BCUT2D eigenvalue weighted by Gasteiger charge is -2.18. The van der Waals surface area contributed by atoms with Crippen LogP contribution in [0.2, 0.25) is 0 Å². The van der Waals surface area contributed by atoms with E-state index in [0.29, 0.717) is 0 Å². The van der Waals surface area contributed by atoms with Crippen molar-refractivity contribution in [1.82, 2.24) is 4.98 Å². The zero-order valence-corrected chi connectivity index (χ0v) is 13.1. The molecule has 0 saturated carbocycles. The van der Waals surface area contributed by atoms with E-state index in [1.54, 1.807) is 12.3 Å². The number of anilines is 1. The molecule has 0 fully saturated rings. The summed E-state index contributed by atoms with van der Waals surface area (Å²) in [6, 6.07) is 14.8. The monoisotopic (exact) mass is 344 g/mol.